The van der Waals surface area contributed by atoms with Crippen molar-refractivity contribution in [2.24, 2.45) is 10.9 Å². The van der Waals surface area contributed by atoms with Crippen molar-refractivity contribution in [3.8, 4) is 11.1 Å². The van der Waals surface area contributed by atoms with Gasteiger partial charge < -0.3 is 10.3 Å². The molecule has 1 atom stereocenters. The third kappa shape index (κ3) is 6.02. The fraction of sp³-hybridized carbons (Fsp3) is 0.343. The molecule has 0 radical (unpaired) electrons. The molecule has 1 saturated carbocycles. The maximum absolute atomic E-state index is 13.6. The number of aliphatic imine (C=N–C) groups is 1. The number of halogens is 1. The van der Waals surface area contributed by atoms with Gasteiger partial charge in [-0.15, -0.1) is 0 Å². The van der Waals surface area contributed by atoms with Crippen molar-refractivity contribution in [3.05, 3.63) is 89.4 Å². The number of hydrogen-bond donors (Lipinski definition) is 2. The zero-order valence-corrected chi connectivity index (χ0v) is 23.5. The zero-order chi connectivity index (χ0) is 28.3. The Balaban J connectivity index is 1.11. The van der Waals surface area contributed by atoms with Crippen LogP contribution in [0.25, 0.3) is 22.0 Å². The van der Waals surface area contributed by atoms with Gasteiger partial charge >= 0.3 is 0 Å². The van der Waals surface area contributed by atoms with Crippen molar-refractivity contribution in [3.63, 3.8) is 0 Å². The van der Waals surface area contributed by atoms with E-state index in [1.54, 1.807) is 12.1 Å². The molecule has 1 aromatic heterocycles. The Kier molecular flexibility index (Phi) is 7.82. The van der Waals surface area contributed by atoms with Gasteiger partial charge in [-0.05, 0) is 90.3 Å². The van der Waals surface area contributed by atoms with Crippen LogP contribution in [-0.4, -0.2) is 22.5 Å². The molecule has 2 heterocycles. The van der Waals surface area contributed by atoms with Crippen LogP contribution in [0.15, 0.2) is 71.9 Å². The molecule has 6 rings (SSSR count). The van der Waals surface area contributed by atoms with Gasteiger partial charge in [-0.1, -0.05) is 50.5 Å². The molecular weight excluding hydrogens is 513 g/mol. The number of benzene rings is 3. The standard InChI is InChI=1S/C35H36FN3O2/c1-22(24-10-6-11-28(36)18-24)7-5-12-33(40)30-21-37-32-16-14-26(19-29(30)32)25-13-15-31-27(17-25)20-34(38-31)39-35(41)23-8-3-2-4-9-23/h6,10-11,13-19,21-23,37H,2-5,7-9,12,20H2,1H3,(H,38,39,41)/t22-/m1/s1. The summed E-state index contributed by atoms with van der Waals surface area (Å²) in [7, 11) is 0. The lowest BCUT2D eigenvalue weighted by Gasteiger charge is -2.20. The summed E-state index contributed by atoms with van der Waals surface area (Å²) < 4.78 is 13.6. The minimum Gasteiger partial charge on any atom is -0.360 e. The third-order valence-corrected chi connectivity index (χ3v) is 8.71. The fourth-order valence-electron chi connectivity index (χ4n) is 6.28. The highest BCUT2D eigenvalue weighted by Gasteiger charge is 2.24. The van der Waals surface area contributed by atoms with Gasteiger partial charge in [0, 0.05) is 41.4 Å². The highest BCUT2D eigenvalue weighted by molar-refractivity contribution is 6.09. The maximum Gasteiger partial charge on any atom is 0.228 e. The Bertz CT molecular complexity index is 1630. The summed E-state index contributed by atoms with van der Waals surface area (Å²) in [4.78, 5) is 33.9. The summed E-state index contributed by atoms with van der Waals surface area (Å²) in [6.07, 6.45) is 9.85. The normalized spacial score (nSPS) is 15.9. The highest BCUT2D eigenvalue weighted by atomic mass is 19.1. The molecule has 1 fully saturated rings. The molecule has 3 aromatic carbocycles. The lowest BCUT2D eigenvalue weighted by molar-refractivity contribution is -0.124. The number of ketones is 1. The van der Waals surface area contributed by atoms with Gasteiger partial charge in [0.15, 0.2) is 5.78 Å². The summed E-state index contributed by atoms with van der Waals surface area (Å²) in [5.74, 6) is 1.02. The second-order valence-electron chi connectivity index (χ2n) is 11.6. The molecule has 0 unspecified atom stereocenters. The van der Waals surface area contributed by atoms with Gasteiger partial charge in [0.1, 0.15) is 11.7 Å². The van der Waals surface area contributed by atoms with Gasteiger partial charge in [-0.2, -0.15) is 0 Å². The molecule has 2 N–H and O–H groups in total. The average molecular weight is 550 g/mol. The number of carbonyl (C=O) groups is 2. The van der Waals surface area contributed by atoms with E-state index in [4.69, 9.17) is 0 Å². The van der Waals surface area contributed by atoms with E-state index in [1.807, 2.05) is 24.4 Å². The first kappa shape index (κ1) is 27.1. The topological polar surface area (TPSA) is 74.3 Å². The van der Waals surface area contributed by atoms with E-state index in [9.17, 15) is 14.0 Å². The Morgan fingerprint density at radius 3 is 2.66 bits per heavy atom. The van der Waals surface area contributed by atoms with E-state index >= 15 is 0 Å². The van der Waals surface area contributed by atoms with Crippen molar-refractivity contribution in [1.29, 1.82) is 0 Å². The number of H-pyrrole nitrogens is 1. The van der Waals surface area contributed by atoms with Crippen LogP contribution in [0.2, 0.25) is 0 Å². The molecule has 1 aliphatic heterocycles. The molecule has 4 aromatic rings. The summed E-state index contributed by atoms with van der Waals surface area (Å²) >= 11 is 0. The van der Waals surface area contributed by atoms with Gasteiger partial charge in [-0.3, -0.25) is 9.59 Å². The van der Waals surface area contributed by atoms with Gasteiger partial charge in [0.25, 0.3) is 0 Å². The predicted molar refractivity (Wildman–Crippen MR) is 162 cm³/mol. The maximum atomic E-state index is 13.6. The number of amidine groups is 1. The van der Waals surface area contributed by atoms with Crippen LogP contribution in [0.5, 0.6) is 0 Å². The number of rotatable bonds is 8. The molecule has 6 heteroatoms. The number of aromatic nitrogens is 1. The Morgan fingerprint density at radius 1 is 1.02 bits per heavy atom. The summed E-state index contributed by atoms with van der Waals surface area (Å²) in [6.45, 7) is 2.08. The minimum absolute atomic E-state index is 0.104. The van der Waals surface area contributed by atoms with Gasteiger partial charge in [0.2, 0.25) is 5.91 Å². The molecular formula is C35H36FN3O2. The molecule has 0 spiro atoms. The molecule has 210 valence electrons. The van der Waals surface area contributed by atoms with Crippen LogP contribution in [0.3, 0.4) is 0 Å². The molecule has 5 nitrogen and oxygen atoms in total. The van der Waals surface area contributed by atoms with Crippen molar-refractivity contribution >= 4 is 34.1 Å². The Morgan fingerprint density at radius 2 is 1.83 bits per heavy atom. The van der Waals surface area contributed by atoms with E-state index in [0.717, 1.165) is 83.2 Å². The molecule has 0 bridgehead atoms. The van der Waals surface area contributed by atoms with Crippen molar-refractivity contribution in [1.82, 2.24) is 10.3 Å². The second-order valence-corrected chi connectivity index (χ2v) is 11.6. The zero-order valence-electron chi connectivity index (χ0n) is 23.5. The first-order chi connectivity index (χ1) is 19.9. The summed E-state index contributed by atoms with van der Waals surface area (Å²) in [5.41, 5.74) is 6.70. The second kappa shape index (κ2) is 11.8. The smallest absolute Gasteiger partial charge is 0.228 e. The largest absolute Gasteiger partial charge is 0.360 e. The van der Waals surface area contributed by atoms with Crippen molar-refractivity contribution in [2.75, 3.05) is 0 Å². The van der Waals surface area contributed by atoms with Crippen molar-refractivity contribution in [2.45, 2.75) is 70.6 Å². The number of carbonyl (C=O) groups excluding carboxylic acids is 2. The average Bonchev–Trinajstić information content (AvgIpc) is 3.60. The third-order valence-electron chi connectivity index (χ3n) is 8.71. The minimum atomic E-state index is -0.224. The van der Waals surface area contributed by atoms with E-state index in [0.29, 0.717) is 18.4 Å². The van der Waals surface area contributed by atoms with Crippen LogP contribution in [0, 0.1) is 11.7 Å². The molecule has 1 amide bonds. The number of amides is 1. The van der Waals surface area contributed by atoms with E-state index < -0.39 is 0 Å². The Labute approximate surface area is 240 Å². The Hall–Kier alpha value is -4.06. The van der Waals surface area contributed by atoms with Crippen LogP contribution < -0.4 is 5.32 Å². The van der Waals surface area contributed by atoms with E-state index in [-0.39, 0.29) is 29.3 Å². The first-order valence-corrected chi connectivity index (χ1v) is 14.9. The van der Waals surface area contributed by atoms with Gasteiger partial charge in [0.05, 0.1) is 5.69 Å². The van der Waals surface area contributed by atoms with Gasteiger partial charge in [-0.25, -0.2) is 9.38 Å². The van der Waals surface area contributed by atoms with Crippen LogP contribution in [0.4, 0.5) is 10.1 Å². The van der Waals surface area contributed by atoms with Crippen LogP contribution >= 0.6 is 0 Å². The number of nitrogens with one attached hydrogen (secondary N) is 2. The number of nitrogens with zero attached hydrogens (tertiary/aromatic N) is 1. The predicted octanol–water partition coefficient (Wildman–Crippen LogP) is 8.41. The molecule has 41 heavy (non-hydrogen) atoms. The lowest BCUT2D eigenvalue weighted by atomic mass is 9.88. The molecule has 0 saturated heterocycles. The number of aromatic amines is 1. The first-order valence-electron chi connectivity index (χ1n) is 14.9. The highest BCUT2D eigenvalue weighted by Crippen LogP contribution is 2.34. The van der Waals surface area contributed by atoms with Crippen molar-refractivity contribution < 1.29 is 14.0 Å². The number of hydrogen-bond acceptors (Lipinski definition) is 3. The lowest BCUT2D eigenvalue weighted by Crippen LogP contribution is -2.36. The van der Waals surface area contributed by atoms with E-state index in [1.165, 1.54) is 12.5 Å². The SMILES string of the molecule is C[C@H](CCCC(=O)c1c[nH]c2ccc(-c3ccc4c(c3)CC(NC(=O)C3CCCCC3)=N4)cc12)c1cccc(F)c1. The van der Waals surface area contributed by atoms with Crippen LogP contribution in [0.1, 0.15) is 85.7 Å². The quantitative estimate of drug-likeness (QED) is 0.217. The summed E-state index contributed by atoms with van der Waals surface area (Å²) in [5, 5.41) is 4.00. The number of fused-ring (bicyclic) bond motifs is 2. The summed E-state index contributed by atoms with van der Waals surface area (Å²) in [6, 6.07) is 19.1. The number of Topliss-reactive ketones (excluding diaryl/α,β-unsaturated/α-hetero) is 1. The monoisotopic (exact) mass is 549 g/mol. The molecule has 2 aliphatic rings. The molecule has 1 aliphatic carbocycles. The van der Waals surface area contributed by atoms with Crippen LogP contribution in [-0.2, 0) is 11.2 Å². The van der Waals surface area contributed by atoms with E-state index in [2.05, 4.69) is 46.5 Å². The fourth-order valence-corrected chi connectivity index (χ4v) is 6.28.